The van der Waals surface area contributed by atoms with Gasteiger partial charge in [-0.25, -0.2) is 0 Å². The van der Waals surface area contributed by atoms with Crippen LogP contribution in [0.15, 0.2) is 72.9 Å². The summed E-state index contributed by atoms with van der Waals surface area (Å²) >= 11 is 18.7. The summed E-state index contributed by atoms with van der Waals surface area (Å²) in [6.07, 6.45) is 1.81. The molecule has 2 aromatic carbocycles. The number of anilines is 1. The Morgan fingerprint density at radius 3 is 2.42 bits per heavy atom. The molecule has 1 fully saturated rings. The molecule has 2 aromatic heterocycles. The second kappa shape index (κ2) is 11.3. The molecule has 0 amide bonds. The van der Waals surface area contributed by atoms with Crippen LogP contribution in [0.5, 0.6) is 5.75 Å². The lowest BCUT2D eigenvalue weighted by Crippen LogP contribution is -2.29. The second-order valence-electron chi connectivity index (χ2n) is 9.09. The van der Waals surface area contributed by atoms with Crippen LogP contribution < -0.4 is 15.0 Å². The molecule has 1 aliphatic rings. The van der Waals surface area contributed by atoms with Crippen LogP contribution in [0.3, 0.4) is 0 Å². The number of hydrogen-bond acceptors (Lipinski definition) is 4. The third-order valence-corrected chi connectivity index (χ3v) is 7.57. The summed E-state index contributed by atoms with van der Waals surface area (Å²) in [4.78, 5) is 6.79. The first-order valence-corrected chi connectivity index (χ1v) is 13.4. The van der Waals surface area contributed by atoms with E-state index < -0.39 is 0 Å². The summed E-state index contributed by atoms with van der Waals surface area (Å²) < 4.78 is 13.1. The van der Waals surface area contributed by atoms with Crippen molar-refractivity contribution in [2.24, 2.45) is 0 Å². The number of rotatable bonds is 8. The minimum absolute atomic E-state index is 0.166. The van der Waals surface area contributed by atoms with E-state index in [1.54, 1.807) is 13.3 Å². The molecule has 0 saturated carbocycles. The molecule has 196 valence electrons. The number of ether oxygens (including phenoxy) is 2. The smallest absolute Gasteiger partial charge is 0.174 e. The maximum atomic E-state index is 6.65. The van der Waals surface area contributed by atoms with Gasteiger partial charge in [0.25, 0.3) is 0 Å². The minimum atomic E-state index is -0.167. The van der Waals surface area contributed by atoms with E-state index in [0.717, 1.165) is 34.0 Å². The Hall–Kier alpha value is -3.10. The molecule has 0 radical (unpaired) electrons. The van der Waals surface area contributed by atoms with Crippen LogP contribution in [0.25, 0.3) is 5.69 Å². The highest BCUT2D eigenvalue weighted by Crippen LogP contribution is 2.45. The van der Waals surface area contributed by atoms with E-state index >= 15 is 0 Å². The first-order valence-electron chi connectivity index (χ1n) is 12.3. The standard InChI is InChI=1S/C29H28Cl2N4O2S/c1-18-16-23(19(2)34(18)21-9-7-20(30)8-10-21)28-27(25-6-4-5-13-32-25)33-29(38)35(28)22-11-12-26(24(31)17-22)37-15-14-36-3/h4-13,16-17,27-28H,14-15H2,1-3H3,(H,33,38)/t27-,28-/m1/s1. The SMILES string of the molecule is COCCOc1ccc(N2C(=S)N[C@H](c3ccccn3)[C@H]2c2cc(C)n(-c3ccc(Cl)cc3)c2C)cc1Cl. The van der Waals surface area contributed by atoms with Gasteiger partial charge in [-0.3, -0.25) is 4.98 Å². The van der Waals surface area contributed by atoms with Gasteiger partial charge in [-0.2, -0.15) is 0 Å². The van der Waals surface area contributed by atoms with Crippen molar-refractivity contribution in [1.29, 1.82) is 0 Å². The molecule has 5 rings (SSSR count). The number of thiocarbonyl (C=S) groups is 1. The maximum absolute atomic E-state index is 6.65. The first-order chi connectivity index (χ1) is 18.4. The molecule has 1 N–H and O–H groups in total. The van der Waals surface area contributed by atoms with Crippen molar-refractivity contribution in [2.45, 2.75) is 25.9 Å². The zero-order valence-corrected chi connectivity index (χ0v) is 23.6. The predicted octanol–water partition coefficient (Wildman–Crippen LogP) is 7.00. The summed E-state index contributed by atoms with van der Waals surface area (Å²) in [6.45, 7) is 5.14. The Kier molecular flexibility index (Phi) is 7.91. The Labute approximate surface area is 238 Å². The number of halogens is 2. The Bertz CT molecular complexity index is 1440. The van der Waals surface area contributed by atoms with E-state index in [1.165, 1.54) is 0 Å². The Balaban J connectivity index is 1.60. The molecule has 1 aliphatic heterocycles. The van der Waals surface area contributed by atoms with Gasteiger partial charge in [0.2, 0.25) is 0 Å². The summed E-state index contributed by atoms with van der Waals surface area (Å²) in [5.74, 6) is 0.601. The molecule has 38 heavy (non-hydrogen) atoms. The Morgan fingerprint density at radius 1 is 0.974 bits per heavy atom. The van der Waals surface area contributed by atoms with Crippen LogP contribution in [0, 0.1) is 13.8 Å². The summed E-state index contributed by atoms with van der Waals surface area (Å²) in [6, 6.07) is 21.4. The van der Waals surface area contributed by atoms with Crippen LogP contribution in [0.2, 0.25) is 10.0 Å². The number of nitrogens with zero attached hydrogens (tertiary/aromatic N) is 3. The number of hydrogen-bond donors (Lipinski definition) is 1. The van der Waals surface area contributed by atoms with Crippen molar-refractivity contribution < 1.29 is 9.47 Å². The first kappa shape index (κ1) is 26.5. The molecule has 4 aromatic rings. The molecule has 2 atom stereocenters. The van der Waals surface area contributed by atoms with E-state index in [0.29, 0.717) is 34.1 Å². The van der Waals surface area contributed by atoms with Crippen LogP contribution in [-0.4, -0.2) is 35.0 Å². The quantitative estimate of drug-likeness (QED) is 0.183. The number of nitrogens with one attached hydrogen (secondary N) is 1. The van der Waals surface area contributed by atoms with Crippen molar-refractivity contribution in [2.75, 3.05) is 25.2 Å². The highest BCUT2D eigenvalue weighted by atomic mass is 35.5. The number of aryl methyl sites for hydroxylation is 1. The second-order valence-corrected chi connectivity index (χ2v) is 10.3. The van der Waals surface area contributed by atoms with Gasteiger partial charge in [0.05, 0.1) is 29.4 Å². The summed E-state index contributed by atoms with van der Waals surface area (Å²) in [5.41, 5.74) is 6.17. The number of aromatic nitrogens is 2. The fourth-order valence-electron chi connectivity index (χ4n) is 5.02. The van der Waals surface area contributed by atoms with Gasteiger partial charge in [-0.15, -0.1) is 0 Å². The number of pyridine rings is 1. The molecule has 1 saturated heterocycles. The van der Waals surface area contributed by atoms with Crippen LogP contribution in [-0.2, 0) is 4.74 Å². The van der Waals surface area contributed by atoms with E-state index in [9.17, 15) is 0 Å². The fourth-order valence-corrected chi connectivity index (χ4v) is 5.72. The maximum Gasteiger partial charge on any atom is 0.174 e. The molecule has 3 heterocycles. The molecular formula is C29H28Cl2N4O2S. The zero-order chi connectivity index (χ0) is 26.8. The summed E-state index contributed by atoms with van der Waals surface area (Å²) in [5, 5.41) is 5.34. The van der Waals surface area contributed by atoms with Gasteiger partial charge in [-0.05, 0) is 92.3 Å². The number of benzene rings is 2. The summed E-state index contributed by atoms with van der Waals surface area (Å²) in [7, 11) is 1.64. The van der Waals surface area contributed by atoms with Gasteiger partial charge >= 0.3 is 0 Å². The monoisotopic (exact) mass is 566 g/mol. The minimum Gasteiger partial charge on any atom is -0.490 e. The van der Waals surface area contributed by atoms with Crippen molar-refractivity contribution >= 4 is 46.2 Å². The number of methoxy groups -OCH3 is 1. The average Bonchev–Trinajstić information content (AvgIpc) is 3.41. The highest BCUT2D eigenvalue weighted by molar-refractivity contribution is 7.80. The normalized spacial score (nSPS) is 17.1. The molecule has 9 heteroatoms. The van der Waals surface area contributed by atoms with Gasteiger partial charge in [0.15, 0.2) is 5.11 Å². The molecule has 0 bridgehead atoms. The van der Waals surface area contributed by atoms with Gasteiger partial charge < -0.3 is 24.3 Å². The third-order valence-electron chi connectivity index (χ3n) is 6.71. The van der Waals surface area contributed by atoms with E-state index in [4.69, 9.17) is 44.9 Å². The molecule has 6 nitrogen and oxygen atoms in total. The van der Waals surface area contributed by atoms with Crippen molar-refractivity contribution in [3.8, 4) is 11.4 Å². The van der Waals surface area contributed by atoms with Crippen molar-refractivity contribution in [3.63, 3.8) is 0 Å². The fraction of sp³-hybridized carbons (Fsp3) is 0.241. The zero-order valence-electron chi connectivity index (χ0n) is 21.3. The van der Waals surface area contributed by atoms with Crippen LogP contribution in [0.1, 0.15) is 34.7 Å². The van der Waals surface area contributed by atoms with Gasteiger partial charge in [-0.1, -0.05) is 29.3 Å². The van der Waals surface area contributed by atoms with Crippen molar-refractivity contribution in [1.82, 2.24) is 14.9 Å². The van der Waals surface area contributed by atoms with Gasteiger partial charge in [0, 0.05) is 41.1 Å². The van der Waals surface area contributed by atoms with Crippen molar-refractivity contribution in [3.05, 3.63) is 106 Å². The largest absolute Gasteiger partial charge is 0.490 e. The van der Waals surface area contributed by atoms with E-state index in [-0.39, 0.29) is 12.1 Å². The third kappa shape index (κ3) is 5.12. The lowest BCUT2D eigenvalue weighted by molar-refractivity contribution is 0.146. The molecular weight excluding hydrogens is 539 g/mol. The topological polar surface area (TPSA) is 51.6 Å². The van der Waals surface area contributed by atoms with E-state index in [1.807, 2.05) is 60.7 Å². The Morgan fingerprint density at radius 2 is 1.74 bits per heavy atom. The van der Waals surface area contributed by atoms with Crippen LogP contribution >= 0.6 is 35.4 Å². The lowest BCUT2D eigenvalue weighted by Gasteiger charge is -2.28. The molecule has 0 aliphatic carbocycles. The van der Waals surface area contributed by atoms with Crippen LogP contribution in [0.4, 0.5) is 5.69 Å². The average molecular weight is 568 g/mol. The predicted molar refractivity (Wildman–Crippen MR) is 157 cm³/mol. The highest BCUT2D eigenvalue weighted by Gasteiger charge is 2.42. The van der Waals surface area contributed by atoms with E-state index in [2.05, 4.69) is 39.7 Å². The lowest BCUT2D eigenvalue weighted by atomic mass is 9.96. The van der Waals surface area contributed by atoms with Gasteiger partial charge in [0.1, 0.15) is 12.4 Å². The molecule has 0 unspecified atom stereocenters. The molecule has 0 spiro atoms.